The second-order valence-electron chi connectivity index (χ2n) is 7.17. The number of aromatic nitrogens is 6. The van der Waals surface area contributed by atoms with E-state index in [0.717, 1.165) is 16.5 Å². The molecule has 1 aromatic carbocycles. The van der Waals surface area contributed by atoms with Gasteiger partial charge in [0.1, 0.15) is 17.5 Å². The van der Waals surface area contributed by atoms with Crippen molar-refractivity contribution in [2.24, 2.45) is 0 Å². The van der Waals surface area contributed by atoms with E-state index in [0.29, 0.717) is 46.2 Å². The molecule has 0 saturated heterocycles. The SMILES string of the molecule is Nc1nc(-c2nn(Cc3c(Cl)ccnc3Cl)c3ccccc23)ncc1OCc1ccncc1. The second kappa shape index (κ2) is 9.01. The van der Waals surface area contributed by atoms with Gasteiger partial charge in [-0.3, -0.25) is 9.67 Å². The molecule has 4 heterocycles. The number of para-hydroxylation sites is 1. The lowest BCUT2D eigenvalue weighted by Gasteiger charge is -2.08. The number of anilines is 1. The van der Waals surface area contributed by atoms with E-state index >= 15 is 0 Å². The molecule has 0 fully saturated rings. The van der Waals surface area contributed by atoms with E-state index < -0.39 is 0 Å². The lowest BCUT2D eigenvalue weighted by atomic mass is 10.2. The van der Waals surface area contributed by atoms with Crippen molar-refractivity contribution in [1.82, 2.24) is 29.7 Å². The molecule has 4 aromatic heterocycles. The Bertz CT molecular complexity index is 1420. The van der Waals surface area contributed by atoms with E-state index in [2.05, 4.69) is 19.9 Å². The minimum Gasteiger partial charge on any atom is -0.483 e. The highest BCUT2D eigenvalue weighted by Gasteiger charge is 2.18. The lowest BCUT2D eigenvalue weighted by molar-refractivity contribution is 0.305. The number of pyridine rings is 2. The molecule has 0 radical (unpaired) electrons. The number of benzene rings is 1. The van der Waals surface area contributed by atoms with Gasteiger partial charge in [0.15, 0.2) is 17.4 Å². The minimum absolute atomic E-state index is 0.228. The summed E-state index contributed by atoms with van der Waals surface area (Å²) in [7, 11) is 0. The molecule has 0 saturated carbocycles. The van der Waals surface area contributed by atoms with Crippen LogP contribution in [0.2, 0.25) is 10.2 Å². The van der Waals surface area contributed by atoms with Crippen LogP contribution in [0.1, 0.15) is 11.1 Å². The van der Waals surface area contributed by atoms with E-state index in [1.54, 1.807) is 35.5 Å². The van der Waals surface area contributed by atoms with Crippen molar-refractivity contribution in [3.8, 4) is 17.3 Å². The molecule has 0 bridgehead atoms. The molecule has 5 rings (SSSR count). The molecule has 5 aromatic rings. The zero-order valence-electron chi connectivity index (χ0n) is 17.2. The largest absolute Gasteiger partial charge is 0.483 e. The summed E-state index contributed by atoms with van der Waals surface area (Å²) in [5.41, 5.74) is 9.29. The number of halogens is 2. The first-order valence-corrected chi connectivity index (χ1v) is 10.7. The molecule has 164 valence electrons. The summed E-state index contributed by atoms with van der Waals surface area (Å²) in [4.78, 5) is 17.0. The molecule has 0 aliphatic rings. The van der Waals surface area contributed by atoms with E-state index in [4.69, 9.17) is 38.8 Å². The monoisotopic (exact) mass is 477 g/mol. The van der Waals surface area contributed by atoms with Crippen molar-refractivity contribution in [3.63, 3.8) is 0 Å². The molecular formula is C23H17Cl2N7O. The van der Waals surface area contributed by atoms with Gasteiger partial charge in [-0.1, -0.05) is 41.4 Å². The summed E-state index contributed by atoms with van der Waals surface area (Å²) >= 11 is 12.6. The van der Waals surface area contributed by atoms with Crippen LogP contribution in [-0.2, 0) is 13.2 Å². The van der Waals surface area contributed by atoms with Crippen molar-refractivity contribution in [1.29, 1.82) is 0 Å². The zero-order valence-corrected chi connectivity index (χ0v) is 18.7. The Labute approximate surface area is 199 Å². The summed E-state index contributed by atoms with van der Waals surface area (Å²) in [5.74, 6) is 1.02. The van der Waals surface area contributed by atoms with Crippen molar-refractivity contribution < 1.29 is 4.74 Å². The van der Waals surface area contributed by atoms with Crippen molar-refractivity contribution >= 4 is 39.9 Å². The van der Waals surface area contributed by atoms with Gasteiger partial charge in [-0.2, -0.15) is 5.10 Å². The van der Waals surface area contributed by atoms with Crippen LogP contribution < -0.4 is 10.5 Å². The Balaban J connectivity index is 1.48. The molecule has 0 aliphatic carbocycles. The minimum atomic E-state index is 0.228. The van der Waals surface area contributed by atoms with Crippen LogP contribution in [0.5, 0.6) is 5.75 Å². The first-order valence-electron chi connectivity index (χ1n) is 9.99. The molecule has 8 nitrogen and oxygen atoms in total. The van der Waals surface area contributed by atoms with Gasteiger partial charge in [0, 0.05) is 29.5 Å². The Hall–Kier alpha value is -3.75. The van der Waals surface area contributed by atoms with Crippen molar-refractivity contribution in [2.45, 2.75) is 13.2 Å². The summed E-state index contributed by atoms with van der Waals surface area (Å²) < 4.78 is 7.57. The van der Waals surface area contributed by atoms with Crippen LogP contribution in [-0.4, -0.2) is 29.7 Å². The maximum Gasteiger partial charge on any atom is 0.182 e. The summed E-state index contributed by atoms with van der Waals surface area (Å²) in [6, 6.07) is 13.2. The average Bonchev–Trinajstić information content (AvgIpc) is 3.20. The number of nitrogen functional groups attached to an aromatic ring is 1. The van der Waals surface area contributed by atoms with Crippen LogP contribution in [0.3, 0.4) is 0 Å². The molecule has 0 unspecified atom stereocenters. The molecule has 33 heavy (non-hydrogen) atoms. The Morgan fingerprint density at radius 3 is 2.58 bits per heavy atom. The van der Waals surface area contributed by atoms with Crippen LogP contribution in [0, 0.1) is 0 Å². The van der Waals surface area contributed by atoms with Gasteiger partial charge < -0.3 is 10.5 Å². The number of fused-ring (bicyclic) bond motifs is 1. The van der Waals surface area contributed by atoms with Gasteiger partial charge in [-0.05, 0) is 29.8 Å². The summed E-state index contributed by atoms with van der Waals surface area (Å²) in [6.07, 6.45) is 6.53. The summed E-state index contributed by atoms with van der Waals surface area (Å²) in [6.45, 7) is 0.675. The Kier molecular flexibility index (Phi) is 5.77. The quantitative estimate of drug-likeness (QED) is 0.350. The molecular weight excluding hydrogens is 461 g/mol. The highest BCUT2D eigenvalue weighted by Crippen LogP contribution is 2.30. The number of rotatable bonds is 6. The molecule has 10 heteroatoms. The molecule has 0 aliphatic heterocycles. The van der Waals surface area contributed by atoms with Gasteiger partial charge in [0.2, 0.25) is 0 Å². The van der Waals surface area contributed by atoms with Gasteiger partial charge in [-0.25, -0.2) is 15.0 Å². The standard InChI is InChI=1S/C23H17Cl2N7O/c24-17-7-10-28-21(25)16(17)12-32-18-4-2-1-3-15(18)20(31-32)23-29-11-19(22(26)30-23)33-13-14-5-8-27-9-6-14/h1-11H,12-13H2,(H2,26,29,30). The number of nitrogens with zero attached hydrogens (tertiary/aromatic N) is 6. The second-order valence-corrected chi connectivity index (χ2v) is 7.94. The average molecular weight is 478 g/mol. The Morgan fingerprint density at radius 2 is 1.79 bits per heavy atom. The molecule has 2 N–H and O–H groups in total. The van der Waals surface area contributed by atoms with Crippen LogP contribution in [0.4, 0.5) is 5.82 Å². The number of nitrogens with two attached hydrogens (primary N) is 1. The predicted molar refractivity (Wildman–Crippen MR) is 127 cm³/mol. The molecule has 0 spiro atoms. The highest BCUT2D eigenvalue weighted by molar-refractivity contribution is 6.35. The predicted octanol–water partition coefficient (Wildman–Crippen LogP) is 4.80. The maximum absolute atomic E-state index is 6.34. The molecule has 0 amide bonds. The topological polar surface area (TPSA) is 105 Å². The first kappa shape index (κ1) is 21.1. The smallest absolute Gasteiger partial charge is 0.182 e. The zero-order chi connectivity index (χ0) is 22.8. The fourth-order valence-corrected chi connectivity index (χ4v) is 3.87. The third-order valence-corrected chi connectivity index (χ3v) is 5.73. The fourth-order valence-electron chi connectivity index (χ4n) is 3.40. The van der Waals surface area contributed by atoms with E-state index in [-0.39, 0.29) is 5.82 Å². The van der Waals surface area contributed by atoms with Gasteiger partial charge in [0.25, 0.3) is 0 Å². The van der Waals surface area contributed by atoms with Gasteiger partial charge in [-0.15, -0.1) is 0 Å². The first-order chi connectivity index (χ1) is 16.1. The number of hydrogen-bond acceptors (Lipinski definition) is 7. The van der Waals surface area contributed by atoms with E-state index in [1.165, 1.54) is 0 Å². The van der Waals surface area contributed by atoms with Crippen molar-refractivity contribution in [2.75, 3.05) is 5.73 Å². The van der Waals surface area contributed by atoms with Crippen molar-refractivity contribution in [3.05, 3.63) is 88.6 Å². The van der Waals surface area contributed by atoms with Gasteiger partial charge in [0.05, 0.1) is 23.3 Å². The van der Waals surface area contributed by atoms with Crippen LogP contribution in [0.15, 0.2) is 67.3 Å². The van der Waals surface area contributed by atoms with Crippen LogP contribution in [0.25, 0.3) is 22.4 Å². The number of hydrogen-bond donors (Lipinski definition) is 1. The fraction of sp³-hybridized carbons (Fsp3) is 0.0870. The Morgan fingerprint density at radius 1 is 0.970 bits per heavy atom. The highest BCUT2D eigenvalue weighted by atomic mass is 35.5. The normalized spacial score (nSPS) is 11.1. The lowest BCUT2D eigenvalue weighted by Crippen LogP contribution is -2.05. The summed E-state index contributed by atoms with van der Waals surface area (Å²) in [5, 5.41) is 6.47. The third-order valence-electron chi connectivity index (χ3n) is 5.05. The van der Waals surface area contributed by atoms with E-state index in [1.807, 2.05) is 36.4 Å². The number of ether oxygens (including phenoxy) is 1. The third kappa shape index (κ3) is 4.30. The van der Waals surface area contributed by atoms with Crippen LogP contribution >= 0.6 is 23.2 Å². The van der Waals surface area contributed by atoms with Gasteiger partial charge >= 0.3 is 0 Å². The maximum atomic E-state index is 6.34. The molecule has 0 atom stereocenters. The van der Waals surface area contributed by atoms with E-state index in [9.17, 15) is 0 Å².